The van der Waals surface area contributed by atoms with E-state index in [1.807, 2.05) is 13.8 Å². The molecular formula is C11H19N5O3S. The van der Waals surface area contributed by atoms with Gasteiger partial charge in [0, 0.05) is 12.0 Å². The number of anilines is 1. The first-order valence-electron chi connectivity index (χ1n) is 6.12. The molecule has 0 radical (unpaired) electrons. The molecule has 8 nitrogen and oxygen atoms in total. The molecule has 0 fully saturated rings. The Morgan fingerprint density at radius 2 is 2.05 bits per heavy atom. The Morgan fingerprint density at radius 3 is 2.60 bits per heavy atom. The molecule has 0 aliphatic carbocycles. The SMILES string of the molecule is CCOC(=O)CNC(=O)NCC(C)(C)c1nnc(N)s1. The number of nitrogens with zero attached hydrogens (tertiary/aromatic N) is 2. The summed E-state index contributed by atoms with van der Waals surface area (Å²) < 4.78 is 4.70. The standard InChI is InChI=1S/C11H19N5O3S/c1-4-19-7(17)5-13-10(18)14-6-11(2,3)8-15-16-9(12)20-8/h4-6H2,1-3H3,(H2,12,16)(H2,13,14,18). The van der Waals surface area contributed by atoms with Gasteiger partial charge >= 0.3 is 12.0 Å². The second-order valence-electron chi connectivity index (χ2n) is 4.67. The number of hydrogen-bond donors (Lipinski definition) is 3. The lowest BCUT2D eigenvalue weighted by Crippen LogP contribution is -2.44. The van der Waals surface area contributed by atoms with Crippen molar-refractivity contribution < 1.29 is 14.3 Å². The molecule has 9 heteroatoms. The molecule has 1 rings (SSSR count). The van der Waals surface area contributed by atoms with Crippen LogP contribution in [-0.2, 0) is 14.9 Å². The van der Waals surface area contributed by atoms with Crippen LogP contribution in [-0.4, -0.2) is 41.9 Å². The maximum absolute atomic E-state index is 11.5. The number of amides is 2. The number of nitrogen functional groups attached to an aromatic ring is 1. The summed E-state index contributed by atoms with van der Waals surface area (Å²) in [5.41, 5.74) is 5.14. The van der Waals surface area contributed by atoms with Crippen molar-refractivity contribution in [1.82, 2.24) is 20.8 Å². The van der Waals surface area contributed by atoms with Gasteiger partial charge in [0.2, 0.25) is 5.13 Å². The predicted molar refractivity (Wildman–Crippen MR) is 75.4 cm³/mol. The van der Waals surface area contributed by atoms with Crippen molar-refractivity contribution in [3.05, 3.63) is 5.01 Å². The van der Waals surface area contributed by atoms with E-state index in [2.05, 4.69) is 20.8 Å². The van der Waals surface area contributed by atoms with Crippen LogP contribution in [0.15, 0.2) is 0 Å². The number of carbonyl (C=O) groups is 2. The van der Waals surface area contributed by atoms with Gasteiger partial charge in [-0.3, -0.25) is 4.79 Å². The molecule has 0 atom stereocenters. The van der Waals surface area contributed by atoms with E-state index in [9.17, 15) is 9.59 Å². The molecule has 0 saturated carbocycles. The lowest BCUT2D eigenvalue weighted by Gasteiger charge is -2.21. The van der Waals surface area contributed by atoms with Gasteiger partial charge in [-0.2, -0.15) is 0 Å². The molecule has 0 saturated heterocycles. The zero-order valence-electron chi connectivity index (χ0n) is 11.7. The first-order chi connectivity index (χ1) is 9.35. The van der Waals surface area contributed by atoms with Gasteiger partial charge in [0.05, 0.1) is 6.61 Å². The highest BCUT2D eigenvalue weighted by atomic mass is 32.1. The smallest absolute Gasteiger partial charge is 0.325 e. The van der Waals surface area contributed by atoms with Gasteiger partial charge in [0.1, 0.15) is 11.6 Å². The minimum atomic E-state index is -0.473. The number of hydrogen-bond acceptors (Lipinski definition) is 7. The van der Waals surface area contributed by atoms with E-state index in [1.54, 1.807) is 6.92 Å². The molecular weight excluding hydrogens is 282 g/mol. The molecule has 20 heavy (non-hydrogen) atoms. The molecule has 0 unspecified atom stereocenters. The average molecular weight is 301 g/mol. The van der Waals surface area contributed by atoms with Crippen LogP contribution in [0.3, 0.4) is 0 Å². The molecule has 0 spiro atoms. The Kier molecular flexibility index (Phi) is 5.68. The number of aromatic nitrogens is 2. The number of ether oxygens (including phenoxy) is 1. The number of esters is 1. The van der Waals surface area contributed by atoms with Gasteiger partial charge in [-0.05, 0) is 6.92 Å². The maximum Gasteiger partial charge on any atom is 0.325 e. The average Bonchev–Trinajstić information content (AvgIpc) is 2.82. The van der Waals surface area contributed by atoms with Crippen LogP contribution < -0.4 is 16.4 Å². The minimum absolute atomic E-state index is 0.161. The highest BCUT2D eigenvalue weighted by Gasteiger charge is 2.25. The molecule has 112 valence electrons. The summed E-state index contributed by atoms with van der Waals surface area (Å²) in [4.78, 5) is 22.6. The summed E-state index contributed by atoms with van der Waals surface area (Å²) in [5.74, 6) is -0.473. The Labute approximate surface area is 121 Å². The van der Waals surface area contributed by atoms with E-state index >= 15 is 0 Å². The van der Waals surface area contributed by atoms with Crippen molar-refractivity contribution in [2.45, 2.75) is 26.2 Å². The van der Waals surface area contributed by atoms with Crippen LogP contribution in [0.4, 0.5) is 9.93 Å². The quantitative estimate of drug-likeness (QED) is 0.648. The van der Waals surface area contributed by atoms with Crippen LogP contribution in [0, 0.1) is 0 Å². The summed E-state index contributed by atoms with van der Waals surface area (Å²) in [6.07, 6.45) is 0. The monoisotopic (exact) mass is 301 g/mol. The molecule has 1 aromatic heterocycles. The zero-order valence-corrected chi connectivity index (χ0v) is 12.5. The van der Waals surface area contributed by atoms with Crippen molar-refractivity contribution >= 4 is 28.5 Å². The topological polar surface area (TPSA) is 119 Å². The van der Waals surface area contributed by atoms with Gasteiger partial charge in [-0.15, -0.1) is 10.2 Å². The number of nitrogens with two attached hydrogens (primary N) is 1. The molecule has 0 aliphatic rings. The number of nitrogens with one attached hydrogen (secondary N) is 2. The fraction of sp³-hybridized carbons (Fsp3) is 0.636. The molecule has 0 aliphatic heterocycles. The van der Waals surface area contributed by atoms with Crippen LogP contribution >= 0.6 is 11.3 Å². The number of urea groups is 1. The first-order valence-corrected chi connectivity index (χ1v) is 6.93. The summed E-state index contributed by atoms with van der Waals surface area (Å²) in [5, 5.41) is 13.9. The second-order valence-corrected chi connectivity index (χ2v) is 5.68. The van der Waals surface area contributed by atoms with Crippen LogP contribution in [0.5, 0.6) is 0 Å². The van der Waals surface area contributed by atoms with E-state index in [0.29, 0.717) is 11.7 Å². The number of rotatable bonds is 6. The van der Waals surface area contributed by atoms with Gasteiger partial charge in [0.15, 0.2) is 0 Å². The minimum Gasteiger partial charge on any atom is -0.465 e. The van der Waals surface area contributed by atoms with Crippen LogP contribution in [0.1, 0.15) is 25.8 Å². The van der Waals surface area contributed by atoms with Crippen LogP contribution in [0.2, 0.25) is 0 Å². The van der Waals surface area contributed by atoms with Crippen molar-refractivity contribution in [3.63, 3.8) is 0 Å². The van der Waals surface area contributed by atoms with Crippen molar-refractivity contribution in [2.24, 2.45) is 0 Å². The Morgan fingerprint density at radius 1 is 1.35 bits per heavy atom. The second kappa shape index (κ2) is 7.04. The van der Waals surface area contributed by atoms with E-state index in [1.165, 1.54) is 11.3 Å². The van der Waals surface area contributed by atoms with E-state index in [0.717, 1.165) is 5.01 Å². The zero-order chi connectivity index (χ0) is 15.2. The summed E-state index contributed by atoms with van der Waals surface area (Å²) in [6, 6.07) is -0.441. The normalized spacial score (nSPS) is 10.9. The lowest BCUT2D eigenvalue weighted by molar-refractivity contribution is -0.141. The van der Waals surface area contributed by atoms with Gasteiger partial charge in [-0.25, -0.2) is 4.79 Å². The van der Waals surface area contributed by atoms with Crippen molar-refractivity contribution in [3.8, 4) is 0 Å². The fourth-order valence-corrected chi connectivity index (χ4v) is 2.02. The van der Waals surface area contributed by atoms with Crippen molar-refractivity contribution in [2.75, 3.05) is 25.4 Å². The third-order valence-electron chi connectivity index (χ3n) is 2.41. The molecule has 2 amide bonds. The molecule has 1 aromatic rings. The molecule has 0 aromatic carbocycles. The third kappa shape index (κ3) is 5.00. The molecule has 0 bridgehead atoms. The van der Waals surface area contributed by atoms with E-state index in [4.69, 9.17) is 10.5 Å². The van der Waals surface area contributed by atoms with Gasteiger partial charge in [-0.1, -0.05) is 25.2 Å². The Hall–Kier alpha value is -1.90. The first kappa shape index (κ1) is 16.2. The van der Waals surface area contributed by atoms with Crippen LogP contribution in [0.25, 0.3) is 0 Å². The van der Waals surface area contributed by atoms with Gasteiger partial charge < -0.3 is 21.1 Å². The highest BCUT2D eigenvalue weighted by molar-refractivity contribution is 7.15. The fourth-order valence-electron chi connectivity index (χ4n) is 1.31. The van der Waals surface area contributed by atoms with Crippen molar-refractivity contribution in [1.29, 1.82) is 0 Å². The number of carbonyl (C=O) groups excluding carboxylic acids is 2. The summed E-state index contributed by atoms with van der Waals surface area (Å²) in [7, 11) is 0. The predicted octanol–water partition coefficient (Wildman–Crippen LogP) is 0.260. The maximum atomic E-state index is 11.5. The summed E-state index contributed by atoms with van der Waals surface area (Å²) >= 11 is 1.28. The summed E-state index contributed by atoms with van der Waals surface area (Å²) in [6.45, 7) is 6.00. The highest BCUT2D eigenvalue weighted by Crippen LogP contribution is 2.26. The lowest BCUT2D eigenvalue weighted by atomic mass is 9.95. The van der Waals surface area contributed by atoms with Gasteiger partial charge in [0.25, 0.3) is 0 Å². The molecule has 1 heterocycles. The van der Waals surface area contributed by atoms with E-state index < -0.39 is 17.4 Å². The Bertz CT molecular complexity index is 474. The Balaban J connectivity index is 2.38. The third-order valence-corrected chi connectivity index (χ3v) is 3.53. The largest absolute Gasteiger partial charge is 0.465 e. The molecule has 4 N–H and O–H groups in total. The van der Waals surface area contributed by atoms with E-state index in [-0.39, 0.29) is 13.2 Å².